The summed E-state index contributed by atoms with van der Waals surface area (Å²) in [7, 11) is 4.34. The SMILES string of the molecule is CCNC(=NCC1CN(C)CCN1C)NCCc1c[nH]c2cc(F)ccc12. The molecule has 6 nitrogen and oxygen atoms in total. The number of nitrogens with zero attached hydrogens (tertiary/aromatic N) is 3. The molecule has 7 heteroatoms. The van der Waals surface area contributed by atoms with E-state index in [1.165, 1.54) is 17.7 Å². The van der Waals surface area contributed by atoms with E-state index in [-0.39, 0.29) is 5.82 Å². The van der Waals surface area contributed by atoms with Crippen LogP contribution in [0.25, 0.3) is 10.9 Å². The van der Waals surface area contributed by atoms with Crippen LogP contribution in [-0.2, 0) is 6.42 Å². The summed E-state index contributed by atoms with van der Waals surface area (Å²) < 4.78 is 13.3. The highest BCUT2D eigenvalue weighted by Gasteiger charge is 2.21. The van der Waals surface area contributed by atoms with Crippen LogP contribution in [-0.4, -0.2) is 80.1 Å². The molecule has 1 aliphatic heterocycles. The number of benzene rings is 1. The molecule has 1 aromatic carbocycles. The number of fused-ring (bicyclic) bond motifs is 1. The fourth-order valence-electron chi connectivity index (χ4n) is 3.52. The van der Waals surface area contributed by atoms with Crippen molar-refractivity contribution >= 4 is 16.9 Å². The van der Waals surface area contributed by atoms with E-state index in [9.17, 15) is 4.39 Å². The molecule has 1 aliphatic rings. The molecule has 1 atom stereocenters. The fourth-order valence-corrected chi connectivity index (χ4v) is 3.52. The van der Waals surface area contributed by atoms with E-state index in [0.29, 0.717) is 6.04 Å². The van der Waals surface area contributed by atoms with Crippen LogP contribution in [0, 0.1) is 5.82 Å². The third-order valence-corrected chi connectivity index (χ3v) is 5.20. The Balaban J connectivity index is 1.55. The molecule has 1 fully saturated rings. The Labute approximate surface area is 160 Å². The molecular weight excluding hydrogens is 343 g/mol. The van der Waals surface area contributed by atoms with E-state index < -0.39 is 0 Å². The molecule has 2 aromatic rings. The molecule has 148 valence electrons. The van der Waals surface area contributed by atoms with Crippen molar-refractivity contribution in [3.8, 4) is 0 Å². The highest BCUT2D eigenvalue weighted by atomic mass is 19.1. The summed E-state index contributed by atoms with van der Waals surface area (Å²) in [4.78, 5) is 12.7. The molecule has 0 spiro atoms. The number of aromatic nitrogens is 1. The summed E-state index contributed by atoms with van der Waals surface area (Å²) >= 11 is 0. The number of halogens is 1. The minimum atomic E-state index is -0.214. The number of guanidine groups is 1. The highest BCUT2D eigenvalue weighted by molar-refractivity contribution is 5.83. The van der Waals surface area contributed by atoms with Crippen LogP contribution < -0.4 is 10.6 Å². The Bertz CT molecular complexity index is 771. The van der Waals surface area contributed by atoms with Gasteiger partial charge in [-0.3, -0.25) is 9.89 Å². The molecule has 3 rings (SSSR count). The average molecular weight is 375 g/mol. The summed E-state index contributed by atoms with van der Waals surface area (Å²) in [6, 6.07) is 5.33. The van der Waals surface area contributed by atoms with Gasteiger partial charge in [-0.25, -0.2) is 4.39 Å². The van der Waals surface area contributed by atoms with E-state index in [0.717, 1.165) is 62.6 Å². The number of nitrogens with one attached hydrogen (secondary N) is 3. The third-order valence-electron chi connectivity index (χ3n) is 5.20. The summed E-state index contributed by atoms with van der Waals surface area (Å²) in [5.74, 6) is 0.638. The van der Waals surface area contributed by atoms with Gasteiger partial charge >= 0.3 is 0 Å². The number of hydrogen-bond donors (Lipinski definition) is 3. The second-order valence-electron chi connectivity index (χ2n) is 7.30. The molecule has 0 saturated carbocycles. The van der Waals surface area contributed by atoms with Crippen LogP contribution in [0.15, 0.2) is 29.4 Å². The van der Waals surface area contributed by atoms with Gasteiger partial charge in [0.1, 0.15) is 5.82 Å². The van der Waals surface area contributed by atoms with E-state index >= 15 is 0 Å². The lowest BCUT2D eigenvalue weighted by molar-refractivity contribution is 0.119. The van der Waals surface area contributed by atoms with Crippen molar-refractivity contribution in [2.24, 2.45) is 4.99 Å². The molecule has 0 amide bonds. The maximum absolute atomic E-state index is 13.3. The largest absolute Gasteiger partial charge is 0.361 e. The van der Waals surface area contributed by atoms with Gasteiger partial charge in [0.2, 0.25) is 0 Å². The number of piperazine rings is 1. The van der Waals surface area contributed by atoms with Gasteiger partial charge in [-0.15, -0.1) is 0 Å². The lowest BCUT2D eigenvalue weighted by Gasteiger charge is -2.36. The van der Waals surface area contributed by atoms with Crippen molar-refractivity contribution in [1.82, 2.24) is 25.4 Å². The summed E-state index contributed by atoms with van der Waals surface area (Å²) in [5, 5.41) is 7.82. The molecule has 1 aromatic heterocycles. The second kappa shape index (κ2) is 9.19. The first kappa shape index (κ1) is 19.6. The first-order valence-electron chi connectivity index (χ1n) is 9.73. The van der Waals surface area contributed by atoms with Crippen molar-refractivity contribution < 1.29 is 4.39 Å². The van der Waals surface area contributed by atoms with E-state index in [1.54, 1.807) is 0 Å². The lowest BCUT2D eigenvalue weighted by atomic mass is 10.1. The van der Waals surface area contributed by atoms with Crippen LogP contribution in [0.3, 0.4) is 0 Å². The highest BCUT2D eigenvalue weighted by Crippen LogP contribution is 2.19. The van der Waals surface area contributed by atoms with Crippen molar-refractivity contribution in [3.05, 3.63) is 35.8 Å². The Morgan fingerprint density at radius 1 is 1.30 bits per heavy atom. The number of rotatable bonds is 6. The van der Waals surface area contributed by atoms with Crippen LogP contribution >= 0.6 is 0 Å². The van der Waals surface area contributed by atoms with Crippen LogP contribution in [0.5, 0.6) is 0 Å². The summed E-state index contributed by atoms with van der Waals surface area (Å²) in [6.45, 7) is 7.71. The molecule has 0 bridgehead atoms. The van der Waals surface area contributed by atoms with Crippen LogP contribution in [0.4, 0.5) is 4.39 Å². The molecule has 1 unspecified atom stereocenters. The number of H-pyrrole nitrogens is 1. The fraction of sp³-hybridized carbons (Fsp3) is 0.550. The summed E-state index contributed by atoms with van der Waals surface area (Å²) in [5.41, 5.74) is 2.03. The van der Waals surface area contributed by atoms with Gasteiger partial charge in [-0.2, -0.15) is 0 Å². The van der Waals surface area contributed by atoms with Gasteiger partial charge < -0.3 is 20.5 Å². The predicted molar refractivity (Wildman–Crippen MR) is 110 cm³/mol. The van der Waals surface area contributed by atoms with Crippen molar-refractivity contribution in [1.29, 1.82) is 0 Å². The van der Waals surface area contributed by atoms with Gasteiger partial charge in [0.05, 0.1) is 6.54 Å². The zero-order valence-corrected chi connectivity index (χ0v) is 16.6. The molecule has 2 heterocycles. The molecule has 1 saturated heterocycles. The maximum Gasteiger partial charge on any atom is 0.191 e. The molecular formula is C20H31FN6. The topological polar surface area (TPSA) is 58.7 Å². The van der Waals surface area contributed by atoms with Gasteiger partial charge in [0.25, 0.3) is 0 Å². The smallest absolute Gasteiger partial charge is 0.191 e. The van der Waals surface area contributed by atoms with Gasteiger partial charge in [0.15, 0.2) is 5.96 Å². The van der Waals surface area contributed by atoms with Crippen molar-refractivity contribution in [2.75, 3.05) is 53.4 Å². The van der Waals surface area contributed by atoms with Crippen molar-refractivity contribution in [2.45, 2.75) is 19.4 Å². The van der Waals surface area contributed by atoms with Crippen LogP contribution in [0.1, 0.15) is 12.5 Å². The number of hydrogen-bond acceptors (Lipinski definition) is 3. The van der Waals surface area contributed by atoms with Crippen LogP contribution in [0.2, 0.25) is 0 Å². The number of likely N-dealkylation sites (N-methyl/N-ethyl adjacent to an activating group) is 2. The minimum absolute atomic E-state index is 0.214. The van der Waals surface area contributed by atoms with E-state index in [4.69, 9.17) is 4.99 Å². The monoisotopic (exact) mass is 374 g/mol. The number of aliphatic imine (C=N–C) groups is 1. The van der Waals surface area contributed by atoms with Gasteiger partial charge in [0, 0.05) is 55.9 Å². The zero-order chi connectivity index (χ0) is 19.2. The minimum Gasteiger partial charge on any atom is -0.361 e. The van der Waals surface area contributed by atoms with E-state index in [2.05, 4.69) is 46.4 Å². The Morgan fingerprint density at radius 3 is 2.96 bits per heavy atom. The third kappa shape index (κ3) is 5.20. The average Bonchev–Trinajstić information content (AvgIpc) is 3.04. The predicted octanol–water partition coefficient (Wildman–Crippen LogP) is 1.65. The van der Waals surface area contributed by atoms with E-state index in [1.807, 2.05) is 12.3 Å². The molecule has 0 radical (unpaired) electrons. The van der Waals surface area contributed by atoms with Crippen molar-refractivity contribution in [3.63, 3.8) is 0 Å². The Hall–Kier alpha value is -2.12. The maximum atomic E-state index is 13.3. The Morgan fingerprint density at radius 2 is 2.15 bits per heavy atom. The Kier molecular flexibility index (Phi) is 6.68. The first-order chi connectivity index (χ1) is 13.1. The molecule has 0 aliphatic carbocycles. The van der Waals surface area contributed by atoms with Gasteiger partial charge in [-0.1, -0.05) is 0 Å². The summed E-state index contributed by atoms with van der Waals surface area (Å²) in [6.07, 6.45) is 2.81. The quantitative estimate of drug-likeness (QED) is 0.532. The first-order valence-corrected chi connectivity index (χ1v) is 9.73. The molecule has 3 N–H and O–H groups in total. The standard InChI is InChI=1S/C20H31FN6/c1-4-22-20(25-13-17-14-26(2)9-10-27(17)3)23-8-7-15-12-24-19-11-16(21)5-6-18(15)19/h5-6,11-12,17,24H,4,7-10,13-14H2,1-3H3,(H2,22,23,25). The lowest BCUT2D eigenvalue weighted by Crippen LogP contribution is -2.51. The second-order valence-corrected chi connectivity index (χ2v) is 7.30. The number of aromatic amines is 1. The normalized spacial score (nSPS) is 19.6. The molecule has 27 heavy (non-hydrogen) atoms. The zero-order valence-electron chi connectivity index (χ0n) is 16.6. The van der Waals surface area contributed by atoms with Gasteiger partial charge in [-0.05, 0) is 51.2 Å².